The number of aryl methyl sites for hydroxylation is 1. The Bertz CT molecular complexity index is 1070. The molecule has 0 radical (unpaired) electrons. The number of aromatic nitrogens is 3. The lowest BCUT2D eigenvalue weighted by Gasteiger charge is -2.35. The number of carbonyl (C=O) groups is 1. The standard InChI is InChI=1S/C22H28N4O2/c1-4-9-25-19-8-6-5-7-17(19)18-11-23-26(22(28)21(18)25)14-20(27)24-12-15(2)10-16(3)13-24/h5-8,11,15-16H,4,9-10,12-14H2,1-3H3. The molecule has 4 rings (SSSR count). The molecule has 0 N–H and O–H groups in total. The summed E-state index contributed by atoms with van der Waals surface area (Å²) in [7, 11) is 0. The van der Waals surface area contributed by atoms with Gasteiger partial charge in [0.05, 0.1) is 6.20 Å². The second kappa shape index (κ2) is 7.41. The molecule has 2 unspecified atom stereocenters. The Kier molecular flexibility index (Phi) is 4.96. The fraction of sp³-hybridized carbons (Fsp3) is 0.500. The summed E-state index contributed by atoms with van der Waals surface area (Å²) < 4.78 is 3.40. The van der Waals surface area contributed by atoms with Gasteiger partial charge in [-0.2, -0.15) is 5.10 Å². The molecule has 1 aromatic carbocycles. The van der Waals surface area contributed by atoms with E-state index in [2.05, 4.69) is 30.4 Å². The van der Waals surface area contributed by atoms with Crippen LogP contribution in [-0.2, 0) is 17.9 Å². The predicted molar refractivity (Wildman–Crippen MR) is 111 cm³/mol. The molecule has 6 heteroatoms. The number of hydrogen-bond donors (Lipinski definition) is 0. The summed E-state index contributed by atoms with van der Waals surface area (Å²) in [6.45, 7) is 8.74. The van der Waals surface area contributed by atoms with Crippen LogP contribution in [0, 0.1) is 11.8 Å². The largest absolute Gasteiger partial charge is 0.341 e. The Hall–Kier alpha value is -2.63. The first-order valence-electron chi connectivity index (χ1n) is 10.2. The third kappa shape index (κ3) is 3.21. The highest BCUT2D eigenvalue weighted by molar-refractivity contribution is 6.07. The lowest BCUT2D eigenvalue weighted by atomic mass is 9.92. The Morgan fingerprint density at radius 3 is 2.57 bits per heavy atom. The second-order valence-electron chi connectivity index (χ2n) is 8.28. The molecule has 1 fully saturated rings. The minimum Gasteiger partial charge on any atom is -0.341 e. The first-order chi connectivity index (χ1) is 13.5. The Morgan fingerprint density at radius 1 is 1.14 bits per heavy atom. The van der Waals surface area contributed by atoms with E-state index in [1.807, 2.05) is 29.2 Å². The molecule has 3 aromatic rings. The van der Waals surface area contributed by atoms with Crippen molar-refractivity contribution in [3.8, 4) is 0 Å². The van der Waals surface area contributed by atoms with Gasteiger partial charge in [-0.15, -0.1) is 0 Å². The smallest absolute Gasteiger partial charge is 0.291 e. The van der Waals surface area contributed by atoms with E-state index in [1.165, 1.54) is 4.68 Å². The van der Waals surface area contributed by atoms with Crippen LogP contribution in [-0.4, -0.2) is 38.2 Å². The van der Waals surface area contributed by atoms with Gasteiger partial charge in [0.15, 0.2) is 0 Å². The molecule has 1 aliphatic heterocycles. The first-order valence-corrected chi connectivity index (χ1v) is 10.2. The van der Waals surface area contributed by atoms with E-state index >= 15 is 0 Å². The highest BCUT2D eigenvalue weighted by atomic mass is 16.2. The molecule has 1 amide bonds. The molecule has 148 valence electrons. The number of carbonyl (C=O) groups excluding carboxylic acids is 1. The maximum absolute atomic E-state index is 13.2. The minimum absolute atomic E-state index is 0.00185. The van der Waals surface area contributed by atoms with Gasteiger partial charge in [-0.05, 0) is 30.7 Å². The van der Waals surface area contributed by atoms with Gasteiger partial charge in [-0.25, -0.2) is 4.68 Å². The van der Waals surface area contributed by atoms with Crippen molar-refractivity contribution in [3.05, 3.63) is 40.8 Å². The van der Waals surface area contributed by atoms with Gasteiger partial charge < -0.3 is 9.47 Å². The van der Waals surface area contributed by atoms with Gasteiger partial charge in [-0.3, -0.25) is 9.59 Å². The summed E-state index contributed by atoms with van der Waals surface area (Å²) in [5.74, 6) is 0.962. The molecular weight excluding hydrogens is 352 g/mol. The summed E-state index contributed by atoms with van der Waals surface area (Å²) in [6, 6.07) is 8.03. The number of piperidine rings is 1. The number of amides is 1. The third-order valence-electron chi connectivity index (χ3n) is 5.73. The van der Waals surface area contributed by atoms with Crippen molar-refractivity contribution >= 4 is 27.7 Å². The Labute approximate surface area is 164 Å². The van der Waals surface area contributed by atoms with Crippen molar-refractivity contribution in [2.24, 2.45) is 11.8 Å². The fourth-order valence-electron chi connectivity index (χ4n) is 4.66. The van der Waals surface area contributed by atoms with Crippen molar-refractivity contribution < 1.29 is 4.79 Å². The van der Waals surface area contributed by atoms with Gasteiger partial charge in [0.1, 0.15) is 12.1 Å². The molecule has 3 heterocycles. The number of benzene rings is 1. The van der Waals surface area contributed by atoms with Crippen molar-refractivity contribution in [1.82, 2.24) is 19.2 Å². The highest BCUT2D eigenvalue weighted by Gasteiger charge is 2.26. The monoisotopic (exact) mass is 380 g/mol. The van der Waals surface area contributed by atoms with Gasteiger partial charge in [0.25, 0.3) is 5.56 Å². The molecular formula is C22H28N4O2. The van der Waals surface area contributed by atoms with Crippen LogP contribution in [0.1, 0.15) is 33.6 Å². The number of nitrogens with zero attached hydrogens (tertiary/aromatic N) is 4. The quantitative estimate of drug-likeness (QED) is 0.698. The topological polar surface area (TPSA) is 60.1 Å². The van der Waals surface area contributed by atoms with E-state index in [9.17, 15) is 9.59 Å². The van der Waals surface area contributed by atoms with E-state index in [0.29, 0.717) is 17.4 Å². The Morgan fingerprint density at radius 2 is 1.86 bits per heavy atom. The second-order valence-corrected chi connectivity index (χ2v) is 8.28. The van der Waals surface area contributed by atoms with Crippen LogP contribution in [0.4, 0.5) is 0 Å². The number of fused-ring (bicyclic) bond motifs is 3. The van der Waals surface area contributed by atoms with Gasteiger partial charge in [0, 0.05) is 35.9 Å². The van der Waals surface area contributed by atoms with Crippen LogP contribution in [0.15, 0.2) is 35.3 Å². The number of rotatable bonds is 4. The van der Waals surface area contributed by atoms with Crippen LogP contribution < -0.4 is 5.56 Å². The lowest BCUT2D eigenvalue weighted by Crippen LogP contribution is -2.45. The van der Waals surface area contributed by atoms with Gasteiger partial charge >= 0.3 is 0 Å². The van der Waals surface area contributed by atoms with Gasteiger partial charge in [-0.1, -0.05) is 39.0 Å². The van der Waals surface area contributed by atoms with Crippen LogP contribution in [0.3, 0.4) is 0 Å². The van der Waals surface area contributed by atoms with Crippen molar-refractivity contribution in [1.29, 1.82) is 0 Å². The molecule has 0 spiro atoms. The van der Waals surface area contributed by atoms with Crippen LogP contribution in [0.25, 0.3) is 21.8 Å². The van der Waals surface area contributed by atoms with E-state index in [-0.39, 0.29) is 18.0 Å². The average Bonchev–Trinajstić information content (AvgIpc) is 2.98. The zero-order chi connectivity index (χ0) is 19.8. The summed E-state index contributed by atoms with van der Waals surface area (Å²) in [5.41, 5.74) is 1.50. The molecule has 6 nitrogen and oxygen atoms in total. The maximum Gasteiger partial charge on any atom is 0.291 e. The van der Waals surface area contributed by atoms with Crippen molar-refractivity contribution in [2.45, 2.75) is 46.7 Å². The molecule has 1 saturated heterocycles. The van der Waals surface area contributed by atoms with E-state index in [1.54, 1.807) is 6.20 Å². The number of para-hydroxylation sites is 1. The van der Waals surface area contributed by atoms with E-state index in [4.69, 9.17) is 0 Å². The van der Waals surface area contributed by atoms with Crippen LogP contribution in [0.2, 0.25) is 0 Å². The first kappa shape index (κ1) is 18.7. The summed E-state index contributed by atoms with van der Waals surface area (Å²) >= 11 is 0. The minimum atomic E-state index is -0.186. The fourth-order valence-corrected chi connectivity index (χ4v) is 4.66. The molecule has 2 aromatic heterocycles. The molecule has 0 saturated carbocycles. The average molecular weight is 380 g/mol. The van der Waals surface area contributed by atoms with Crippen molar-refractivity contribution in [3.63, 3.8) is 0 Å². The van der Waals surface area contributed by atoms with Crippen molar-refractivity contribution in [2.75, 3.05) is 13.1 Å². The molecule has 2 atom stereocenters. The van der Waals surface area contributed by atoms with Crippen LogP contribution >= 0.6 is 0 Å². The summed E-state index contributed by atoms with van der Waals surface area (Å²) in [6.07, 6.45) is 3.81. The highest BCUT2D eigenvalue weighted by Crippen LogP contribution is 2.26. The summed E-state index contributed by atoms with van der Waals surface area (Å²) in [4.78, 5) is 28.0. The summed E-state index contributed by atoms with van der Waals surface area (Å²) in [5, 5.41) is 6.24. The Balaban J connectivity index is 1.74. The number of likely N-dealkylation sites (tertiary alicyclic amines) is 1. The zero-order valence-electron chi connectivity index (χ0n) is 16.9. The third-order valence-corrected chi connectivity index (χ3v) is 5.73. The predicted octanol–water partition coefficient (Wildman–Crippen LogP) is 3.27. The molecule has 28 heavy (non-hydrogen) atoms. The molecule has 1 aliphatic rings. The normalized spacial score (nSPS) is 20.2. The molecule has 0 bridgehead atoms. The van der Waals surface area contributed by atoms with Crippen LogP contribution in [0.5, 0.6) is 0 Å². The zero-order valence-corrected chi connectivity index (χ0v) is 16.9. The molecule has 0 aliphatic carbocycles. The van der Waals surface area contributed by atoms with Gasteiger partial charge in [0.2, 0.25) is 5.91 Å². The number of hydrogen-bond acceptors (Lipinski definition) is 3. The van der Waals surface area contributed by atoms with E-state index in [0.717, 1.165) is 48.8 Å². The van der Waals surface area contributed by atoms with E-state index < -0.39 is 0 Å². The maximum atomic E-state index is 13.2. The lowest BCUT2D eigenvalue weighted by molar-refractivity contribution is -0.134. The SMILES string of the molecule is CCCn1c2ccccc2c2cnn(CC(=O)N3CC(C)CC(C)C3)c(=O)c21.